The van der Waals surface area contributed by atoms with Gasteiger partial charge in [-0.05, 0) is 6.16 Å². The molecule has 0 fully saturated rings. The van der Waals surface area contributed by atoms with Crippen molar-refractivity contribution in [2.45, 2.75) is 0 Å². The quantitative estimate of drug-likeness (QED) is 0.475. The molecule has 0 amide bonds. The van der Waals surface area contributed by atoms with Crippen LogP contribution in [-0.2, 0) is 0 Å². The Bertz CT molecular complexity index is 34.7. The van der Waals surface area contributed by atoms with Crippen LogP contribution in [0.4, 0.5) is 4.79 Å². The van der Waals surface area contributed by atoms with E-state index in [9.17, 15) is 0 Å². The minimum atomic E-state index is -2.33. The van der Waals surface area contributed by atoms with Crippen LogP contribution in [0.15, 0.2) is 0 Å². The molecule has 0 aromatic rings. The SMILES string of the molecule is O=C([O-])[O-].[Ce+3].[La+3].[OH-]. The Balaban J connectivity index is -0.0000000150. The minimum Gasteiger partial charge on any atom is -0.870 e. The Morgan fingerprint density at radius 3 is 1.29 bits per heavy atom. The van der Waals surface area contributed by atoms with Crippen LogP contribution in [0.2, 0.25) is 0 Å². The van der Waals surface area contributed by atoms with Crippen molar-refractivity contribution in [2.24, 2.45) is 0 Å². The summed E-state index contributed by atoms with van der Waals surface area (Å²) in [4.78, 5) is 8.33. The van der Waals surface area contributed by atoms with Gasteiger partial charge in [-0.15, -0.1) is 0 Å². The standard InChI is InChI=1S/CH2O3.Ce.La.H2O/c2-1(3)4;;;/h(H2,2,3,4);;;1H2/q;2*+3;/p-3. The molecule has 0 saturated heterocycles. The Morgan fingerprint density at radius 1 is 1.29 bits per heavy atom. The summed E-state index contributed by atoms with van der Waals surface area (Å²) in [7, 11) is 0. The molecular weight excluding hydrogens is 355 g/mol. The van der Waals surface area contributed by atoms with E-state index in [0.717, 1.165) is 0 Å². The predicted molar refractivity (Wildman–Crippen MR) is 7.33 cm³/mol. The molecule has 0 atom stereocenters. The zero-order valence-corrected chi connectivity index (χ0v) is 10.0. The molecular formula is CHCeLaO4+3. The summed E-state index contributed by atoms with van der Waals surface area (Å²) in [6, 6.07) is 0. The van der Waals surface area contributed by atoms with E-state index in [1.807, 2.05) is 0 Å². The second kappa shape index (κ2) is 15.7. The maximum Gasteiger partial charge on any atom is 3.00 e. The number of carbonyl (C=O) groups is 1. The van der Waals surface area contributed by atoms with E-state index >= 15 is 0 Å². The zero-order chi connectivity index (χ0) is 3.58. The number of carboxylic acid groups (broad SMARTS) is 2. The molecule has 1 radical (unpaired) electrons. The van der Waals surface area contributed by atoms with Gasteiger partial charge in [0.2, 0.25) is 0 Å². The molecule has 1 N–H and O–H groups in total. The molecule has 6 heteroatoms. The van der Waals surface area contributed by atoms with Crippen LogP contribution >= 0.6 is 0 Å². The van der Waals surface area contributed by atoms with Crippen LogP contribution in [0.5, 0.6) is 0 Å². The average Bonchev–Trinajstić information content (AvgIpc) is 0.811. The molecule has 0 spiro atoms. The van der Waals surface area contributed by atoms with Gasteiger partial charge in [0.25, 0.3) is 0 Å². The number of hydrogen-bond donors (Lipinski definition) is 0. The summed E-state index contributed by atoms with van der Waals surface area (Å²) < 4.78 is 0. The fourth-order valence-corrected chi connectivity index (χ4v) is 0. The zero-order valence-electron chi connectivity index (χ0n) is 3.25. The molecule has 0 aliphatic heterocycles. The van der Waals surface area contributed by atoms with E-state index in [4.69, 9.17) is 15.0 Å². The first-order chi connectivity index (χ1) is 1.73. The molecule has 33 valence electrons. The predicted octanol–water partition coefficient (Wildman–Crippen LogP) is -2.62. The van der Waals surface area contributed by atoms with Crippen LogP contribution < -0.4 is 10.2 Å². The Morgan fingerprint density at radius 2 is 1.29 bits per heavy atom. The van der Waals surface area contributed by atoms with Gasteiger partial charge in [0.15, 0.2) is 0 Å². The fourth-order valence-electron chi connectivity index (χ4n) is 0. The summed E-state index contributed by atoms with van der Waals surface area (Å²) >= 11 is 0. The largest absolute Gasteiger partial charge is 3.00 e. The molecule has 0 aromatic heterocycles. The fraction of sp³-hybridized carbons (Fsp3) is 0. The van der Waals surface area contributed by atoms with E-state index in [1.165, 1.54) is 0 Å². The maximum absolute atomic E-state index is 8.33. The average molecular weight is 356 g/mol. The molecule has 0 unspecified atom stereocenters. The van der Waals surface area contributed by atoms with Crippen molar-refractivity contribution >= 4 is 6.16 Å². The van der Waals surface area contributed by atoms with E-state index in [0.29, 0.717) is 0 Å². The number of carbonyl (C=O) groups excluding carboxylic acids is 1. The van der Waals surface area contributed by atoms with E-state index in [-0.39, 0.29) is 82.8 Å². The van der Waals surface area contributed by atoms with Crippen molar-refractivity contribution in [1.29, 1.82) is 0 Å². The maximum atomic E-state index is 8.33. The molecule has 0 aliphatic rings. The number of rotatable bonds is 0. The Hall–Kier alpha value is 1.80. The summed E-state index contributed by atoms with van der Waals surface area (Å²) in [5.41, 5.74) is 0. The van der Waals surface area contributed by atoms with E-state index < -0.39 is 6.16 Å². The molecule has 7 heavy (non-hydrogen) atoms. The molecule has 0 bridgehead atoms. The molecule has 0 rings (SSSR count). The normalized spacial score (nSPS) is 3.43. The van der Waals surface area contributed by atoms with Gasteiger partial charge in [-0.1, -0.05) is 0 Å². The van der Waals surface area contributed by atoms with Crippen molar-refractivity contribution in [3.8, 4) is 0 Å². The first-order valence-corrected chi connectivity index (χ1v) is 0.612. The van der Waals surface area contributed by atoms with Gasteiger partial charge in [-0.25, -0.2) is 0 Å². The van der Waals surface area contributed by atoms with Gasteiger partial charge < -0.3 is 20.5 Å². The Kier molecular flexibility index (Phi) is 52.0. The first kappa shape index (κ1) is 23.2. The van der Waals surface area contributed by atoms with Gasteiger partial charge in [-0.3, -0.25) is 0 Å². The summed E-state index contributed by atoms with van der Waals surface area (Å²) in [6.45, 7) is 0. The smallest absolute Gasteiger partial charge is 0.870 e. The van der Waals surface area contributed by atoms with E-state index in [2.05, 4.69) is 0 Å². The topological polar surface area (TPSA) is 93.2 Å². The van der Waals surface area contributed by atoms with Crippen LogP contribution in [-0.4, -0.2) is 11.6 Å². The third-order valence-electron chi connectivity index (χ3n) is 0. The minimum absolute atomic E-state index is 0. The monoisotopic (exact) mass is 356 g/mol. The summed E-state index contributed by atoms with van der Waals surface area (Å²) in [5.74, 6) is 0. The van der Waals surface area contributed by atoms with Crippen molar-refractivity contribution in [3.05, 3.63) is 0 Å². The Labute approximate surface area is 102 Å². The van der Waals surface area contributed by atoms with Crippen molar-refractivity contribution in [1.82, 2.24) is 0 Å². The summed E-state index contributed by atoms with van der Waals surface area (Å²) in [5, 5.41) is 16.7. The molecule has 0 heterocycles. The van der Waals surface area contributed by atoms with Crippen LogP contribution in [0.3, 0.4) is 0 Å². The van der Waals surface area contributed by atoms with Crippen molar-refractivity contribution < 1.29 is 97.8 Å². The van der Waals surface area contributed by atoms with Gasteiger partial charge in [-0.2, -0.15) is 0 Å². The van der Waals surface area contributed by atoms with Crippen LogP contribution in [0.1, 0.15) is 0 Å². The third kappa shape index (κ3) is 80.9. The van der Waals surface area contributed by atoms with Crippen LogP contribution in [0, 0.1) is 77.3 Å². The van der Waals surface area contributed by atoms with Gasteiger partial charge in [0.05, 0.1) is 0 Å². The van der Waals surface area contributed by atoms with Crippen molar-refractivity contribution in [2.75, 3.05) is 0 Å². The second-order valence-electron chi connectivity index (χ2n) is 0.250. The van der Waals surface area contributed by atoms with Gasteiger partial charge >= 0.3 is 77.3 Å². The van der Waals surface area contributed by atoms with E-state index in [1.54, 1.807) is 0 Å². The second-order valence-corrected chi connectivity index (χ2v) is 0.250. The van der Waals surface area contributed by atoms with Crippen molar-refractivity contribution in [3.63, 3.8) is 0 Å². The summed E-state index contributed by atoms with van der Waals surface area (Å²) in [6.07, 6.45) is -2.33. The first-order valence-electron chi connectivity index (χ1n) is 0.612. The third-order valence-corrected chi connectivity index (χ3v) is 0. The van der Waals surface area contributed by atoms with Crippen LogP contribution in [0.25, 0.3) is 0 Å². The molecule has 4 nitrogen and oxygen atoms in total. The molecule has 0 aliphatic carbocycles. The van der Waals surface area contributed by atoms with Gasteiger partial charge in [0.1, 0.15) is 0 Å². The molecule has 0 saturated carbocycles. The number of hydrogen-bond acceptors (Lipinski definition) is 4. The van der Waals surface area contributed by atoms with Gasteiger partial charge in [0, 0.05) is 0 Å². The molecule has 0 aromatic carbocycles.